The van der Waals surface area contributed by atoms with Crippen LogP contribution in [0.4, 0.5) is 0 Å². The largest absolute Gasteiger partial charge is 0.377 e. The van der Waals surface area contributed by atoms with Crippen LogP contribution in [0.3, 0.4) is 0 Å². The second-order valence-corrected chi connectivity index (χ2v) is 8.08. The first kappa shape index (κ1) is 19.0. The van der Waals surface area contributed by atoms with Crippen molar-refractivity contribution in [1.29, 1.82) is 0 Å². The van der Waals surface area contributed by atoms with Crippen molar-refractivity contribution >= 4 is 18.3 Å². The Morgan fingerprint density at radius 1 is 1.26 bits per heavy atom. The van der Waals surface area contributed by atoms with Gasteiger partial charge in [0.2, 0.25) is 5.91 Å². The number of hydrogen-bond acceptors (Lipinski definition) is 4. The van der Waals surface area contributed by atoms with Crippen LogP contribution in [-0.4, -0.2) is 67.2 Å². The van der Waals surface area contributed by atoms with Gasteiger partial charge in [-0.3, -0.25) is 4.79 Å². The maximum Gasteiger partial charge on any atom is 0.243 e. The van der Waals surface area contributed by atoms with Crippen molar-refractivity contribution in [1.82, 2.24) is 9.80 Å². The molecule has 2 aliphatic heterocycles. The Labute approximate surface area is 146 Å². The molecule has 3 atom stereocenters. The van der Waals surface area contributed by atoms with Gasteiger partial charge >= 0.3 is 0 Å². The Morgan fingerprint density at radius 3 is 2.48 bits per heavy atom. The number of carbonyl (C=O) groups excluding carboxylic acids is 1. The molecule has 3 aliphatic rings. The molecule has 2 N–H and O–H groups in total. The first-order valence-electron chi connectivity index (χ1n) is 8.66. The molecule has 3 rings (SSSR count). The third-order valence-corrected chi connectivity index (χ3v) is 6.59. The molecule has 0 aromatic rings. The zero-order valence-electron chi connectivity index (χ0n) is 14.9. The van der Waals surface area contributed by atoms with Crippen molar-refractivity contribution in [2.45, 2.75) is 57.2 Å². The Hall–Kier alpha value is -0.360. The number of halogens is 1. The van der Waals surface area contributed by atoms with E-state index >= 15 is 0 Å². The zero-order valence-corrected chi connectivity index (χ0v) is 15.7. The van der Waals surface area contributed by atoms with E-state index in [1.807, 2.05) is 11.9 Å². The number of nitrogens with two attached hydrogens (primary N) is 1. The van der Waals surface area contributed by atoms with Crippen molar-refractivity contribution in [3.63, 3.8) is 0 Å². The van der Waals surface area contributed by atoms with E-state index in [-0.39, 0.29) is 35.8 Å². The molecule has 2 saturated heterocycles. The van der Waals surface area contributed by atoms with Gasteiger partial charge < -0.3 is 20.3 Å². The van der Waals surface area contributed by atoms with Crippen molar-refractivity contribution in [2.75, 3.05) is 33.8 Å². The summed E-state index contributed by atoms with van der Waals surface area (Å²) in [6.45, 7) is 7.11. The van der Waals surface area contributed by atoms with Gasteiger partial charge in [0.1, 0.15) is 5.54 Å². The van der Waals surface area contributed by atoms with E-state index in [2.05, 4.69) is 25.8 Å². The van der Waals surface area contributed by atoms with Gasteiger partial charge in [0.05, 0.1) is 6.10 Å². The van der Waals surface area contributed by atoms with E-state index in [9.17, 15) is 4.79 Å². The highest BCUT2D eigenvalue weighted by Crippen LogP contribution is 2.58. The van der Waals surface area contributed by atoms with Gasteiger partial charge in [0, 0.05) is 31.0 Å². The average Bonchev–Trinajstić information content (AvgIpc) is 2.53. The number of carbonyl (C=O) groups is 1. The van der Waals surface area contributed by atoms with Crippen LogP contribution in [-0.2, 0) is 9.53 Å². The number of amides is 1. The van der Waals surface area contributed by atoms with Crippen molar-refractivity contribution in [2.24, 2.45) is 17.1 Å². The summed E-state index contributed by atoms with van der Waals surface area (Å²) in [5.74, 6) is 0.302. The lowest BCUT2D eigenvalue weighted by Gasteiger charge is -2.66. The Bertz CT molecular complexity index is 451. The predicted molar refractivity (Wildman–Crippen MR) is 93.7 cm³/mol. The lowest BCUT2D eigenvalue weighted by atomic mass is 9.46. The number of likely N-dealkylation sites (N-methyl/N-ethyl adjacent to an activating group) is 1. The summed E-state index contributed by atoms with van der Waals surface area (Å²) in [5, 5.41) is 0. The molecule has 3 unspecified atom stereocenters. The standard InChI is InChI=1S/C17H31N3O2.ClH/c1-16(2)14-13(6-5-11-22-14)17(16,18)15(21)20(4)12-7-9-19(3)10-8-12;/h12-14H,5-11,18H2,1-4H3;1H. The fourth-order valence-electron chi connectivity index (χ4n) is 4.85. The number of fused-ring (bicyclic) bond motifs is 1. The number of likely N-dealkylation sites (tertiary alicyclic amines) is 1. The molecule has 1 saturated carbocycles. The summed E-state index contributed by atoms with van der Waals surface area (Å²) < 4.78 is 5.92. The molecule has 0 radical (unpaired) electrons. The summed E-state index contributed by atoms with van der Waals surface area (Å²) in [6, 6.07) is 0.323. The number of hydrogen-bond donors (Lipinski definition) is 1. The molecule has 134 valence electrons. The first-order valence-corrected chi connectivity index (χ1v) is 8.66. The fourth-order valence-corrected chi connectivity index (χ4v) is 4.85. The molecule has 0 aromatic heterocycles. The lowest BCUT2D eigenvalue weighted by Crippen LogP contribution is -2.82. The van der Waals surface area contributed by atoms with Gasteiger partial charge in [-0.05, 0) is 45.8 Å². The van der Waals surface area contributed by atoms with E-state index < -0.39 is 5.54 Å². The van der Waals surface area contributed by atoms with Crippen LogP contribution in [0.25, 0.3) is 0 Å². The zero-order chi connectivity index (χ0) is 16.1. The smallest absolute Gasteiger partial charge is 0.243 e. The molecule has 1 aliphatic carbocycles. The van der Waals surface area contributed by atoms with E-state index in [4.69, 9.17) is 10.5 Å². The average molecular weight is 346 g/mol. The lowest BCUT2D eigenvalue weighted by molar-refractivity contribution is -0.230. The highest BCUT2D eigenvalue weighted by Gasteiger charge is 2.70. The van der Waals surface area contributed by atoms with Gasteiger partial charge in [0.15, 0.2) is 0 Å². The topological polar surface area (TPSA) is 58.8 Å². The van der Waals surface area contributed by atoms with E-state index in [1.54, 1.807) is 0 Å². The minimum absolute atomic E-state index is 0. The third-order valence-electron chi connectivity index (χ3n) is 6.59. The molecular weight excluding hydrogens is 314 g/mol. The molecule has 0 bridgehead atoms. The number of ether oxygens (including phenoxy) is 1. The number of nitrogens with zero attached hydrogens (tertiary/aromatic N) is 2. The SMILES string of the molecule is CN1CCC(N(C)C(=O)C2(N)C3CCCOC3C2(C)C)CC1.Cl. The maximum atomic E-state index is 13.2. The molecule has 5 nitrogen and oxygen atoms in total. The first-order chi connectivity index (χ1) is 10.3. The van der Waals surface area contributed by atoms with Gasteiger partial charge in [0.25, 0.3) is 0 Å². The Balaban J connectivity index is 0.00000192. The van der Waals surface area contributed by atoms with Gasteiger partial charge in [-0.2, -0.15) is 0 Å². The van der Waals surface area contributed by atoms with Gasteiger partial charge in [-0.1, -0.05) is 13.8 Å². The van der Waals surface area contributed by atoms with Crippen LogP contribution in [0, 0.1) is 11.3 Å². The van der Waals surface area contributed by atoms with E-state index in [1.165, 1.54) is 0 Å². The number of piperidine rings is 1. The second kappa shape index (κ2) is 6.51. The van der Waals surface area contributed by atoms with Crippen LogP contribution < -0.4 is 5.73 Å². The minimum atomic E-state index is -0.768. The Kier molecular flexibility index (Phi) is 5.37. The maximum absolute atomic E-state index is 13.2. The molecule has 3 fully saturated rings. The van der Waals surface area contributed by atoms with Crippen molar-refractivity contribution in [3.8, 4) is 0 Å². The predicted octanol–water partition coefficient (Wildman–Crippen LogP) is 1.49. The normalized spacial score (nSPS) is 37.3. The van der Waals surface area contributed by atoms with E-state index in [0.29, 0.717) is 6.04 Å². The highest BCUT2D eigenvalue weighted by atomic mass is 35.5. The summed E-state index contributed by atoms with van der Waals surface area (Å²) in [5.41, 5.74) is 5.68. The second-order valence-electron chi connectivity index (χ2n) is 8.08. The van der Waals surface area contributed by atoms with Crippen molar-refractivity contribution < 1.29 is 9.53 Å². The van der Waals surface area contributed by atoms with Crippen LogP contribution in [0.5, 0.6) is 0 Å². The molecule has 0 spiro atoms. The molecule has 2 heterocycles. The minimum Gasteiger partial charge on any atom is -0.377 e. The molecule has 1 amide bonds. The summed E-state index contributed by atoms with van der Waals surface area (Å²) in [7, 11) is 4.08. The quantitative estimate of drug-likeness (QED) is 0.823. The summed E-state index contributed by atoms with van der Waals surface area (Å²) in [6.07, 6.45) is 4.25. The summed E-state index contributed by atoms with van der Waals surface area (Å²) >= 11 is 0. The molecule has 23 heavy (non-hydrogen) atoms. The summed E-state index contributed by atoms with van der Waals surface area (Å²) in [4.78, 5) is 17.5. The Morgan fingerprint density at radius 2 is 1.87 bits per heavy atom. The molecule has 6 heteroatoms. The molecule has 0 aromatic carbocycles. The van der Waals surface area contributed by atoms with Crippen LogP contribution >= 0.6 is 12.4 Å². The van der Waals surface area contributed by atoms with Gasteiger partial charge in [-0.25, -0.2) is 0 Å². The fraction of sp³-hybridized carbons (Fsp3) is 0.941. The van der Waals surface area contributed by atoms with Gasteiger partial charge in [-0.15, -0.1) is 12.4 Å². The number of rotatable bonds is 2. The van der Waals surface area contributed by atoms with E-state index in [0.717, 1.165) is 45.4 Å². The van der Waals surface area contributed by atoms with Crippen molar-refractivity contribution in [3.05, 3.63) is 0 Å². The van der Waals surface area contributed by atoms with Crippen LogP contribution in [0.2, 0.25) is 0 Å². The monoisotopic (exact) mass is 345 g/mol. The highest BCUT2D eigenvalue weighted by molar-refractivity contribution is 5.89. The third kappa shape index (κ3) is 2.70. The van der Waals surface area contributed by atoms with Crippen LogP contribution in [0.15, 0.2) is 0 Å². The molecular formula is C17H32ClN3O2. The van der Waals surface area contributed by atoms with Crippen LogP contribution in [0.1, 0.15) is 39.5 Å².